The van der Waals surface area contributed by atoms with Gasteiger partial charge in [0.15, 0.2) is 12.6 Å². The van der Waals surface area contributed by atoms with Crippen molar-refractivity contribution in [1.29, 1.82) is 0 Å². The summed E-state index contributed by atoms with van der Waals surface area (Å²) in [5.41, 5.74) is 0.534. The first-order valence-electron chi connectivity index (χ1n) is 7.66. The van der Waals surface area contributed by atoms with Gasteiger partial charge in [0.25, 0.3) is 0 Å². The number of nitrogens with zero attached hydrogens (tertiary/aromatic N) is 3. The van der Waals surface area contributed by atoms with Gasteiger partial charge in [-0.25, -0.2) is 9.98 Å². The molecule has 1 aromatic rings. The summed E-state index contributed by atoms with van der Waals surface area (Å²) in [7, 11) is 0. The fraction of sp³-hybridized carbons (Fsp3) is 0.600. The molecule has 0 bridgehead atoms. The number of ether oxygens (including phenoxy) is 1. The summed E-state index contributed by atoms with van der Waals surface area (Å²) in [6.45, 7) is 3.47. The number of alkyl halides is 3. The third-order valence-electron chi connectivity index (χ3n) is 3.36. The van der Waals surface area contributed by atoms with Crippen LogP contribution in [0.4, 0.5) is 13.2 Å². The van der Waals surface area contributed by atoms with Crippen LogP contribution in [0.25, 0.3) is 0 Å². The Balaban J connectivity index is 2.07. The Morgan fingerprint density at radius 2 is 2.13 bits per heavy atom. The second-order valence-electron chi connectivity index (χ2n) is 5.24. The monoisotopic (exact) mass is 330 g/mol. The number of hydrogen-bond acceptors (Lipinski definition) is 3. The number of pyridine rings is 1. The number of halogens is 3. The maximum atomic E-state index is 12.3. The largest absolute Gasteiger partial charge is 0.468 e. The summed E-state index contributed by atoms with van der Waals surface area (Å²) in [6, 6.07) is 3.34. The number of rotatable bonds is 5. The lowest BCUT2D eigenvalue weighted by atomic mass is 10.3. The van der Waals surface area contributed by atoms with E-state index in [1.54, 1.807) is 12.1 Å². The number of guanidine groups is 1. The summed E-state index contributed by atoms with van der Waals surface area (Å²) in [6.07, 6.45) is -0.734. The predicted octanol–water partition coefficient (Wildman–Crippen LogP) is 2.58. The quantitative estimate of drug-likeness (QED) is 0.666. The Labute approximate surface area is 133 Å². The van der Waals surface area contributed by atoms with Crippen molar-refractivity contribution < 1.29 is 17.9 Å². The Kier molecular flexibility index (Phi) is 6.06. The second-order valence-corrected chi connectivity index (χ2v) is 5.24. The maximum absolute atomic E-state index is 12.3. The van der Waals surface area contributed by atoms with Crippen molar-refractivity contribution in [2.24, 2.45) is 4.99 Å². The lowest BCUT2D eigenvalue weighted by Crippen LogP contribution is -2.39. The lowest BCUT2D eigenvalue weighted by molar-refractivity contribution is -0.154. The Morgan fingerprint density at radius 1 is 1.39 bits per heavy atom. The minimum absolute atomic E-state index is 0.0224. The van der Waals surface area contributed by atoms with Gasteiger partial charge in [-0.15, -0.1) is 0 Å². The molecule has 0 unspecified atom stereocenters. The van der Waals surface area contributed by atoms with Gasteiger partial charge in [-0.2, -0.15) is 13.2 Å². The number of aromatic nitrogens is 1. The van der Waals surface area contributed by atoms with E-state index in [0.717, 1.165) is 38.4 Å². The van der Waals surface area contributed by atoms with E-state index < -0.39 is 12.8 Å². The first-order valence-corrected chi connectivity index (χ1v) is 7.66. The molecule has 0 atom stereocenters. The van der Waals surface area contributed by atoms with E-state index in [9.17, 15) is 13.2 Å². The van der Waals surface area contributed by atoms with Gasteiger partial charge < -0.3 is 15.0 Å². The summed E-state index contributed by atoms with van der Waals surface area (Å²) in [5.74, 6) is 0.751. The van der Waals surface area contributed by atoms with Gasteiger partial charge in [-0.1, -0.05) is 6.07 Å². The zero-order valence-corrected chi connectivity index (χ0v) is 13.1. The third-order valence-corrected chi connectivity index (χ3v) is 3.36. The standard InChI is InChI=1S/C15H21F3N4O/c1-2-19-14(22-8-3-4-9-22)21-10-12-6-5-7-20-13(12)23-11-15(16,17)18/h5-7H,2-4,8-11H2,1H3,(H,19,21). The summed E-state index contributed by atoms with van der Waals surface area (Å²) in [5, 5.41) is 3.21. The topological polar surface area (TPSA) is 49.8 Å². The molecule has 0 saturated carbocycles. The molecule has 2 rings (SSSR count). The average molecular weight is 330 g/mol. The molecule has 0 amide bonds. The van der Waals surface area contributed by atoms with Crippen molar-refractivity contribution in [2.45, 2.75) is 32.5 Å². The molecule has 0 aromatic carbocycles. The van der Waals surface area contributed by atoms with Crippen LogP contribution in [0.2, 0.25) is 0 Å². The molecule has 0 radical (unpaired) electrons. The molecule has 1 aromatic heterocycles. The average Bonchev–Trinajstić information content (AvgIpc) is 3.03. The van der Waals surface area contributed by atoms with Crippen LogP contribution < -0.4 is 10.1 Å². The molecule has 1 aliphatic heterocycles. The fourth-order valence-electron chi connectivity index (χ4n) is 2.34. The highest BCUT2D eigenvalue weighted by molar-refractivity contribution is 5.80. The summed E-state index contributed by atoms with van der Waals surface area (Å²) >= 11 is 0. The molecule has 1 saturated heterocycles. The molecular formula is C15H21F3N4O. The van der Waals surface area contributed by atoms with E-state index in [2.05, 4.69) is 20.2 Å². The number of likely N-dealkylation sites (tertiary alicyclic amines) is 1. The normalized spacial score (nSPS) is 15.8. The van der Waals surface area contributed by atoms with Crippen molar-refractivity contribution in [2.75, 3.05) is 26.2 Å². The lowest BCUT2D eigenvalue weighted by Gasteiger charge is -2.20. The van der Waals surface area contributed by atoms with Gasteiger partial charge in [0.05, 0.1) is 6.54 Å². The highest BCUT2D eigenvalue weighted by Gasteiger charge is 2.29. The SMILES string of the molecule is CCNC(=NCc1cccnc1OCC(F)(F)F)N1CCCC1. The fourth-order valence-corrected chi connectivity index (χ4v) is 2.34. The highest BCUT2D eigenvalue weighted by Crippen LogP contribution is 2.20. The zero-order chi connectivity index (χ0) is 16.7. The number of aliphatic imine (C=N–C) groups is 1. The van der Waals surface area contributed by atoms with Crippen molar-refractivity contribution in [3.63, 3.8) is 0 Å². The number of nitrogens with one attached hydrogen (secondary N) is 1. The van der Waals surface area contributed by atoms with Crippen LogP contribution in [-0.4, -0.2) is 48.3 Å². The molecule has 1 aliphatic rings. The van der Waals surface area contributed by atoms with E-state index in [1.165, 1.54) is 6.20 Å². The molecule has 5 nitrogen and oxygen atoms in total. The van der Waals surface area contributed by atoms with Gasteiger partial charge in [-0.3, -0.25) is 0 Å². The molecule has 2 heterocycles. The van der Waals surface area contributed by atoms with Crippen LogP contribution >= 0.6 is 0 Å². The Morgan fingerprint density at radius 3 is 2.78 bits per heavy atom. The van der Waals surface area contributed by atoms with Crippen LogP contribution in [0, 0.1) is 0 Å². The van der Waals surface area contributed by atoms with Crippen LogP contribution in [-0.2, 0) is 6.54 Å². The minimum Gasteiger partial charge on any atom is -0.468 e. The van der Waals surface area contributed by atoms with E-state index >= 15 is 0 Å². The first-order chi connectivity index (χ1) is 11.0. The van der Waals surface area contributed by atoms with Gasteiger partial charge in [-0.05, 0) is 25.8 Å². The van der Waals surface area contributed by atoms with Crippen LogP contribution in [0.15, 0.2) is 23.3 Å². The molecule has 8 heteroatoms. The third kappa shape index (κ3) is 5.61. The molecule has 1 fully saturated rings. The van der Waals surface area contributed by atoms with Gasteiger partial charge >= 0.3 is 6.18 Å². The molecule has 23 heavy (non-hydrogen) atoms. The van der Waals surface area contributed by atoms with Crippen molar-refractivity contribution >= 4 is 5.96 Å². The van der Waals surface area contributed by atoms with E-state index in [-0.39, 0.29) is 12.4 Å². The molecular weight excluding hydrogens is 309 g/mol. The van der Waals surface area contributed by atoms with E-state index in [4.69, 9.17) is 4.74 Å². The number of hydrogen-bond donors (Lipinski definition) is 1. The Hall–Kier alpha value is -1.99. The first kappa shape index (κ1) is 17.4. The van der Waals surface area contributed by atoms with Gasteiger partial charge in [0, 0.05) is 31.4 Å². The predicted molar refractivity (Wildman–Crippen MR) is 81.4 cm³/mol. The van der Waals surface area contributed by atoms with Crippen molar-refractivity contribution in [3.05, 3.63) is 23.9 Å². The second kappa shape index (κ2) is 8.03. The summed E-state index contributed by atoms with van der Waals surface area (Å²) < 4.78 is 41.7. The smallest absolute Gasteiger partial charge is 0.422 e. The molecule has 0 spiro atoms. The van der Waals surface area contributed by atoms with Crippen LogP contribution in [0.1, 0.15) is 25.3 Å². The zero-order valence-electron chi connectivity index (χ0n) is 13.1. The van der Waals surface area contributed by atoms with Crippen LogP contribution in [0.5, 0.6) is 5.88 Å². The molecule has 128 valence electrons. The van der Waals surface area contributed by atoms with Crippen molar-refractivity contribution in [3.8, 4) is 5.88 Å². The van der Waals surface area contributed by atoms with Crippen molar-refractivity contribution in [1.82, 2.24) is 15.2 Å². The Bertz CT molecular complexity index is 528. The molecule has 0 aliphatic carbocycles. The van der Waals surface area contributed by atoms with Crippen LogP contribution in [0.3, 0.4) is 0 Å². The molecule has 1 N–H and O–H groups in total. The maximum Gasteiger partial charge on any atom is 0.422 e. The van der Waals surface area contributed by atoms with Gasteiger partial charge in [0.2, 0.25) is 5.88 Å². The highest BCUT2D eigenvalue weighted by atomic mass is 19.4. The van der Waals surface area contributed by atoms with Gasteiger partial charge in [0.1, 0.15) is 0 Å². The van der Waals surface area contributed by atoms with E-state index in [0.29, 0.717) is 5.56 Å². The summed E-state index contributed by atoms with van der Waals surface area (Å²) in [4.78, 5) is 10.5. The van der Waals surface area contributed by atoms with E-state index in [1.807, 2.05) is 6.92 Å². The minimum atomic E-state index is -4.39.